The number of amides is 1. The van der Waals surface area contributed by atoms with Crippen molar-refractivity contribution >= 4 is 11.7 Å². The van der Waals surface area contributed by atoms with E-state index in [2.05, 4.69) is 10.3 Å². The number of hydrogen-bond donors (Lipinski definition) is 1. The summed E-state index contributed by atoms with van der Waals surface area (Å²) >= 11 is 0. The first-order chi connectivity index (χ1) is 8.66. The first-order valence-electron chi connectivity index (χ1n) is 5.64. The van der Waals surface area contributed by atoms with Gasteiger partial charge in [0.25, 0.3) is 0 Å². The topological polar surface area (TPSA) is 42.0 Å². The summed E-state index contributed by atoms with van der Waals surface area (Å²) in [6.07, 6.45) is 1.60. The lowest BCUT2D eigenvalue weighted by Gasteiger charge is -2.12. The Kier molecular flexibility index (Phi) is 3.67. The minimum absolute atomic E-state index is 0.209. The highest BCUT2D eigenvalue weighted by atomic mass is 19.1. The van der Waals surface area contributed by atoms with Gasteiger partial charge in [-0.25, -0.2) is 9.37 Å². The molecule has 0 saturated heterocycles. The van der Waals surface area contributed by atoms with E-state index < -0.39 is 5.92 Å². The van der Waals surface area contributed by atoms with Gasteiger partial charge < -0.3 is 5.32 Å². The van der Waals surface area contributed by atoms with Crippen LogP contribution >= 0.6 is 0 Å². The molecule has 0 spiro atoms. The van der Waals surface area contributed by atoms with Gasteiger partial charge in [0.15, 0.2) is 0 Å². The molecule has 18 heavy (non-hydrogen) atoms. The Morgan fingerprint density at radius 3 is 2.78 bits per heavy atom. The summed E-state index contributed by atoms with van der Waals surface area (Å²) in [5, 5.41) is 2.69. The summed E-state index contributed by atoms with van der Waals surface area (Å²) in [5.41, 5.74) is 0.642. The number of anilines is 1. The zero-order valence-electron chi connectivity index (χ0n) is 9.93. The molecule has 1 unspecified atom stereocenters. The summed E-state index contributed by atoms with van der Waals surface area (Å²) < 4.78 is 13.1. The molecule has 92 valence electrons. The molecule has 0 saturated carbocycles. The van der Waals surface area contributed by atoms with E-state index in [1.807, 2.05) is 0 Å². The second-order valence-electron chi connectivity index (χ2n) is 3.98. The summed E-state index contributed by atoms with van der Waals surface area (Å²) in [6.45, 7) is 1.73. The largest absolute Gasteiger partial charge is 0.310 e. The fourth-order valence-corrected chi connectivity index (χ4v) is 1.60. The van der Waals surface area contributed by atoms with Crippen molar-refractivity contribution in [2.75, 3.05) is 5.32 Å². The molecular weight excluding hydrogens is 231 g/mol. The molecule has 1 aromatic heterocycles. The molecular formula is C14H13FN2O. The molecule has 1 amide bonds. The lowest BCUT2D eigenvalue weighted by Crippen LogP contribution is -2.19. The number of nitrogens with one attached hydrogen (secondary N) is 1. The number of carbonyl (C=O) groups is 1. The fraction of sp³-hybridized carbons (Fsp3) is 0.143. The van der Waals surface area contributed by atoms with Gasteiger partial charge >= 0.3 is 0 Å². The van der Waals surface area contributed by atoms with E-state index >= 15 is 0 Å². The number of hydrogen-bond acceptors (Lipinski definition) is 2. The van der Waals surface area contributed by atoms with Crippen molar-refractivity contribution < 1.29 is 9.18 Å². The highest BCUT2D eigenvalue weighted by molar-refractivity contribution is 5.94. The first-order valence-corrected chi connectivity index (χ1v) is 5.64. The van der Waals surface area contributed by atoms with E-state index in [9.17, 15) is 9.18 Å². The highest BCUT2D eigenvalue weighted by Crippen LogP contribution is 2.17. The number of aromatic nitrogens is 1. The van der Waals surface area contributed by atoms with Gasteiger partial charge in [0.2, 0.25) is 5.91 Å². The number of halogens is 1. The second kappa shape index (κ2) is 5.40. The molecule has 2 aromatic rings. The van der Waals surface area contributed by atoms with Crippen LogP contribution in [0.4, 0.5) is 10.2 Å². The molecule has 1 aromatic carbocycles. The van der Waals surface area contributed by atoms with E-state index in [-0.39, 0.29) is 11.7 Å². The number of carbonyl (C=O) groups excluding carboxylic acids is 1. The third-order valence-electron chi connectivity index (χ3n) is 2.66. The smallest absolute Gasteiger partial charge is 0.232 e. The Bertz CT molecular complexity index is 543. The van der Waals surface area contributed by atoms with Crippen LogP contribution in [0, 0.1) is 5.82 Å². The van der Waals surface area contributed by atoms with Crippen LogP contribution in [0.5, 0.6) is 0 Å². The minimum Gasteiger partial charge on any atom is -0.310 e. The monoisotopic (exact) mass is 244 g/mol. The molecule has 0 bridgehead atoms. The van der Waals surface area contributed by atoms with Crippen LogP contribution in [0.3, 0.4) is 0 Å². The molecule has 1 heterocycles. The third kappa shape index (κ3) is 2.91. The van der Waals surface area contributed by atoms with Gasteiger partial charge in [-0.15, -0.1) is 0 Å². The Hall–Kier alpha value is -2.23. The molecule has 0 aliphatic heterocycles. The number of benzene rings is 1. The van der Waals surface area contributed by atoms with Crippen molar-refractivity contribution in [1.82, 2.24) is 4.98 Å². The van der Waals surface area contributed by atoms with Crippen LogP contribution in [-0.2, 0) is 4.79 Å². The van der Waals surface area contributed by atoms with E-state index in [4.69, 9.17) is 0 Å². The summed E-state index contributed by atoms with van der Waals surface area (Å²) in [5.74, 6) is -0.488. The first kappa shape index (κ1) is 12.2. The highest BCUT2D eigenvalue weighted by Gasteiger charge is 2.15. The number of pyridine rings is 1. The molecule has 0 aliphatic rings. The van der Waals surface area contributed by atoms with Crippen LogP contribution in [-0.4, -0.2) is 10.9 Å². The number of nitrogens with zero attached hydrogens (tertiary/aromatic N) is 1. The Balaban J connectivity index is 2.10. The SMILES string of the molecule is CC(C(=O)Nc1ccccn1)c1cccc(F)c1. The van der Waals surface area contributed by atoms with Crippen molar-refractivity contribution in [3.8, 4) is 0 Å². The molecule has 2 rings (SSSR count). The molecule has 4 heteroatoms. The zero-order valence-corrected chi connectivity index (χ0v) is 9.93. The maximum Gasteiger partial charge on any atom is 0.232 e. The van der Waals surface area contributed by atoms with Gasteiger partial charge in [0.05, 0.1) is 5.92 Å². The summed E-state index contributed by atoms with van der Waals surface area (Å²) in [6, 6.07) is 11.3. The zero-order chi connectivity index (χ0) is 13.0. The van der Waals surface area contributed by atoms with Crippen molar-refractivity contribution in [3.63, 3.8) is 0 Å². The minimum atomic E-state index is -0.428. The third-order valence-corrected chi connectivity index (χ3v) is 2.66. The van der Waals surface area contributed by atoms with Gasteiger partial charge in [-0.1, -0.05) is 18.2 Å². The normalized spacial score (nSPS) is 11.9. The fourth-order valence-electron chi connectivity index (χ4n) is 1.60. The van der Waals surface area contributed by atoms with E-state index in [0.29, 0.717) is 11.4 Å². The molecule has 1 atom stereocenters. The Labute approximate surface area is 105 Å². The Morgan fingerprint density at radius 1 is 1.28 bits per heavy atom. The maximum atomic E-state index is 13.1. The van der Waals surface area contributed by atoms with Crippen molar-refractivity contribution in [3.05, 3.63) is 60.0 Å². The van der Waals surface area contributed by atoms with Crippen LogP contribution in [0.1, 0.15) is 18.4 Å². The lowest BCUT2D eigenvalue weighted by molar-refractivity contribution is -0.117. The molecule has 1 N–H and O–H groups in total. The van der Waals surface area contributed by atoms with Crippen LogP contribution in [0.25, 0.3) is 0 Å². The van der Waals surface area contributed by atoms with Crippen molar-refractivity contribution in [1.29, 1.82) is 0 Å². The quantitative estimate of drug-likeness (QED) is 0.901. The van der Waals surface area contributed by atoms with Crippen LogP contribution < -0.4 is 5.32 Å². The maximum absolute atomic E-state index is 13.1. The standard InChI is InChI=1S/C14H13FN2O/c1-10(11-5-4-6-12(15)9-11)14(18)17-13-7-2-3-8-16-13/h2-10H,1H3,(H,16,17,18). The Morgan fingerprint density at radius 2 is 2.11 bits per heavy atom. The van der Waals surface area contributed by atoms with E-state index in [0.717, 1.165) is 0 Å². The molecule has 0 aliphatic carbocycles. The van der Waals surface area contributed by atoms with E-state index in [1.165, 1.54) is 12.1 Å². The van der Waals surface area contributed by atoms with Crippen LogP contribution in [0.15, 0.2) is 48.7 Å². The molecule has 0 radical (unpaired) electrons. The van der Waals surface area contributed by atoms with Crippen molar-refractivity contribution in [2.24, 2.45) is 0 Å². The summed E-state index contributed by atoms with van der Waals surface area (Å²) in [7, 11) is 0. The van der Waals surface area contributed by atoms with Gasteiger partial charge in [0.1, 0.15) is 11.6 Å². The van der Waals surface area contributed by atoms with Gasteiger partial charge in [0, 0.05) is 6.20 Å². The molecule has 0 fully saturated rings. The average molecular weight is 244 g/mol. The van der Waals surface area contributed by atoms with E-state index in [1.54, 1.807) is 43.5 Å². The number of rotatable bonds is 3. The predicted octanol–water partition coefficient (Wildman–Crippen LogP) is 2.96. The van der Waals surface area contributed by atoms with Crippen LogP contribution in [0.2, 0.25) is 0 Å². The average Bonchev–Trinajstić information content (AvgIpc) is 2.39. The summed E-state index contributed by atoms with van der Waals surface area (Å²) in [4.78, 5) is 16.0. The van der Waals surface area contributed by atoms with Gasteiger partial charge in [-0.2, -0.15) is 0 Å². The lowest BCUT2D eigenvalue weighted by atomic mass is 10.0. The second-order valence-corrected chi connectivity index (χ2v) is 3.98. The van der Waals surface area contributed by atoms with Gasteiger partial charge in [-0.3, -0.25) is 4.79 Å². The van der Waals surface area contributed by atoms with Crippen molar-refractivity contribution in [2.45, 2.75) is 12.8 Å². The van der Waals surface area contributed by atoms with Gasteiger partial charge in [-0.05, 0) is 36.8 Å². The predicted molar refractivity (Wildman–Crippen MR) is 67.7 cm³/mol. The molecule has 3 nitrogen and oxygen atoms in total.